The highest BCUT2D eigenvalue weighted by molar-refractivity contribution is 6.23. The zero-order valence-corrected chi connectivity index (χ0v) is 22.5. The Morgan fingerprint density at radius 1 is 0.923 bits per heavy atom. The molecule has 0 saturated carbocycles. The Morgan fingerprint density at radius 2 is 1.62 bits per heavy atom. The van der Waals surface area contributed by atoms with Crippen molar-refractivity contribution in [3.05, 3.63) is 95.1 Å². The van der Waals surface area contributed by atoms with Crippen molar-refractivity contribution >= 4 is 34.2 Å². The molecule has 8 heteroatoms. The van der Waals surface area contributed by atoms with E-state index in [1.807, 2.05) is 72.5 Å². The van der Waals surface area contributed by atoms with Crippen LogP contribution in [0.15, 0.2) is 77.8 Å². The number of nitrogens with zero attached hydrogens (tertiary/aromatic N) is 4. The smallest absolute Gasteiger partial charge is 0.328 e. The summed E-state index contributed by atoms with van der Waals surface area (Å²) in [5.74, 6) is -0.165. The number of aromatic nitrogens is 1. The average molecular weight is 524 g/mol. The van der Waals surface area contributed by atoms with E-state index in [0.717, 1.165) is 36.0 Å². The monoisotopic (exact) mass is 523 g/mol. The van der Waals surface area contributed by atoms with Crippen molar-refractivity contribution in [1.29, 1.82) is 0 Å². The molecule has 0 spiro atoms. The number of piperazine rings is 1. The Hall–Kier alpha value is -4.43. The SMILES string of the molecule is CCc1ccc2c(C(=Nc3ccc(C(=O)N4CCN(C)CC4)cc3)c3ccccc3)c(O)n(C(=O)NC)c2c1. The van der Waals surface area contributed by atoms with Crippen molar-refractivity contribution in [1.82, 2.24) is 19.7 Å². The first-order chi connectivity index (χ1) is 18.9. The number of fused-ring (bicyclic) bond motifs is 1. The van der Waals surface area contributed by atoms with E-state index in [-0.39, 0.29) is 11.8 Å². The van der Waals surface area contributed by atoms with Crippen LogP contribution in [0.1, 0.15) is 34.0 Å². The molecule has 5 rings (SSSR count). The number of aromatic hydroxyl groups is 1. The van der Waals surface area contributed by atoms with Crippen molar-refractivity contribution in [3.63, 3.8) is 0 Å². The molecule has 2 heterocycles. The van der Waals surface area contributed by atoms with Gasteiger partial charge in [0.05, 0.1) is 22.5 Å². The molecule has 1 aliphatic heterocycles. The van der Waals surface area contributed by atoms with E-state index in [4.69, 9.17) is 4.99 Å². The second-order valence-electron chi connectivity index (χ2n) is 9.76. The van der Waals surface area contributed by atoms with Crippen molar-refractivity contribution in [3.8, 4) is 5.88 Å². The fourth-order valence-electron chi connectivity index (χ4n) is 4.95. The standard InChI is InChI=1S/C31H33N5O3/c1-4-21-10-15-25-26(20-21)36(31(39)32-2)30(38)27(25)28(22-8-6-5-7-9-22)33-24-13-11-23(12-14-24)29(37)35-18-16-34(3)17-19-35/h5-15,20,38H,4,16-19H2,1-3H3,(H,32,39). The minimum atomic E-state index is -0.434. The van der Waals surface area contributed by atoms with E-state index < -0.39 is 6.03 Å². The van der Waals surface area contributed by atoms with Crippen LogP contribution in [-0.2, 0) is 6.42 Å². The minimum Gasteiger partial charge on any atom is -0.494 e. The van der Waals surface area contributed by atoms with Gasteiger partial charge < -0.3 is 20.2 Å². The summed E-state index contributed by atoms with van der Waals surface area (Å²) in [6, 6.07) is 22.2. The summed E-state index contributed by atoms with van der Waals surface area (Å²) in [4.78, 5) is 34.9. The molecule has 0 bridgehead atoms. The Balaban J connectivity index is 1.61. The summed E-state index contributed by atoms with van der Waals surface area (Å²) in [6.07, 6.45) is 0.795. The third kappa shape index (κ3) is 5.15. The molecule has 1 fully saturated rings. The quantitative estimate of drug-likeness (QED) is 0.373. The van der Waals surface area contributed by atoms with E-state index in [9.17, 15) is 14.7 Å². The largest absolute Gasteiger partial charge is 0.494 e. The Bertz CT molecular complexity index is 1530. The third-order valence-corrected chi connectivity index (χ3v) is 7.26. The lowest BCUT2D eigenvalue weighted by Crippen LogP contribution is -2.47. The lowest BCUT2D eigenvalue weighted by molar-refractivity contribution is 0.0664. The first-order valence-electron chi connectivity index (χ1n) is 13.2. The van der Waals surface area contributed by atoms with Gasteiger partial charge in [0.1, 0.15) is 0 Å². The van der Waals surface area contributed by atoms with Crippen LogP contribution < -0.4 is 5.32 Å². The summed E-state index contributed by atoms with van der Waals surface area (Å²) in [5.41, 5.74) is 4.71. The van der Waals surface area contributed by atoms with Gasteiger partial charge in [-0.05, 0) is 49.4 Å². The zero-order chi connectivity index (χ0) is 27.5. The maximum absolute atomic E-state index is 13.0. The highest BCUT2D eigenvalue weighted by Gasteiger charge is 2.25. The summed E-state index contributed by atoms with van der Waals surface area (Å²) in [6.45, 7) is 5.19. The molecular formula is C31H33N5O3. The van der Waals surface area contributed by atoms with E-state index >= 15 is 0 Å². The lowest BCUT2D eigenvalue weighted by atomic mass is 9.99. The number of nitrogens with one attached hydrogen (secondary N) is 1. The first-order valence-corrected chi connectivity index (χ1v) is 13.2. The predicted octanol–water partition coefficient (Wildman–Crippen LogP) is 4.65. The number of aliphatic imine (C=N–C) groups is 1. The van der Waals surface area contributed by atoms with Crippen LogP contribution in [0.2, 0.25) is 0 Å². The van der Waals surface area contributed by atoms with Gasteiger partial charge in [0.15, 0.2) is 0 Å². The Kier molecular flexibility index (Phi) is 7.47. The molecule has 0 aliphatic carbocycles. The molecule has 200 valence electrons. The molecule has 1 aromatic heterocycles. The fourth-order valence-corrected chi connectivity index (χ4v) is 4.95. The number of benzene rings is 3. The van der Waals surface area contributed by atoms with Gasteiger partial charge in [-0.15, -0.1) is 0 Å². The number of rotatable bonds is 5. The average Bonchev–Trinajstić information content (AvgIpc) is 3.26. The Labute approximate surface area is 228 Å². The van der Waals surface area contributed by atoms with E-state index in [1.54, 1.807) is 12.1 Å². The van der Waals surface area contributed by atoms with Crippen molar-refractivity contribution in [2.75, 3.05) is 40.3 Å². The maximum Gasteiger partial charge on any atom is 0.328 e. The molecule has 2 N–H and O–H groups in total. The molecule has 39 heavy (non-hydrogen) atoms. The minimum absolute atomic E-state index is 0.0138. The summed E-state index contributed by atoms with van der Waals surface area (Å²) in [7, 11) is 3.60. The lowest BCUT2D eigenvalue weighted by Gasteiger charge is -2.32. The number of carbonyl (C=O) groups excluding carboxylic acids is 2. The molecule has 8 nitrogen and oxygen atoms in total. The predicted molar refractivity (Wildman–Crippen MR) is 154 cm³/mol. The molecule has 1 aliphatic rings. The molecule has 4 aromatic rings. The highest BCUT2D eigenvalue weighted by Crippen LogP contribution is 2.35. The van der Waals surface area contributed by atoms with Crippen molar-refractivity contribution in [2.45, 2.75) is 13.3 Å². The maximum atomic E-state index is 13.0. The number of hydrogen-bond acceptors (Lipinski definition) is 5. The second-order valence-corrected chi connectivity index (χ2v) is 9.76. The van der Waals surface area contributed by atoms with Gasteiger partial charge in [0.25, 0.3) is 5.91 Å². The topological polar surface area (TPSA) is 90.2 Å². The van der Waals surface area contributed by atoms with Crippen LogP contribution >= 0.6 is 0 Å². The molecule has 1 saturated heterocycles. The van der Waals surface area contributed by atoms with Gasteiger partial charge in [0.2, 0.25) is 5.88 Å². The molecule has 0 unspecified atom stereocenters. The summed E-state index contributed by atoms with van der Waals surface area (Å²) >= 11 is 0. The first kappa shape index (κ1) is 26.2. The van der Waals surface area contributed by atoms with Crippen LogP contribution in [-0.4, -0.2) is 77.4 Å². The third-order valence-electron chi connectivity index (χ3n) is 7.26. The van der Waals surface area contributed by atoms with Gasteiger partial charge >= 0.3 is 6.03 Å². The van der Waals surface area contributed by atoms with Crippen LogP contribution in [0.3, 0.4) is 0 Å². The highest BCUT2D eigenvalue weighted by atomic mass is 16.3. The van der Waals surface area contributed by atoms with Crippen LogP contribution in [0.5, 0.6) is 5.88 Å². The Morgan fingerprint density at radius 3 is 2.26 bits per heavy atom. The van der Waals surface area contributed by atoms with Gasteiger partial charge in [0, 0.05) is 49.7 Å². The molecular weight excluding hydrogens is 490 g/mol. The number of likely N-dealkylation sites (N-methyl/N-ethyl adjacent to an activating group) is 1. The fraction of sp³-hybridized carbons (Fsp3) is 0.258. The van der Waals surface area contributed by atoms with E-state index in [1.165, 1.54) is 11.6 Å². The zero-order valence-electron chi connectivity index (χ0n) is 22.5. The number of amides is 2. The molecule has 0 atom stereocenters. The second kappa shape index (κ2) is 11.1. The molecule has 2 amide bonds. The van der Waals surface area contributed by atoms with Crippen molar-refractivity contribution in [2.24, 2.45) is 4.99 Å². The summed E-state index contributed by atoms with van der Waals surface area (Å²) in [5, 5.41) is 14.8. The van der Waals surface area contributed by atoms with Crippen LogP contribution in [0.4, 0.5) is 10.5 Å². The van der Waals surface area contributed by atoms with Gasteiger partial charge in [-0.1, -0.05) is 49.4 Å². The van der Waals surface area contributed by atoms with Crippen LogP contribution in [0, 0.1) is 0 Å². The normalized spacial score (nSPS) is 14.5. The number of aryl methyl sites for hydroxylation is 1. The number of carbonyl (C=O) groups is 2. The van der Waals surface area contributed by atoms with Gasteiger partial charge in [-0.25, -0.2) is 14.4 Å². The van der Waals surface area contributed by atoms with E-state index in [2.05, 4.69) is 17.3 Å². The van der Waals surface area contributed by atoms with Crippen LogP contribution in [0.25, 0.3) is 10.9 Å². The van der Waals surface area contributed by atoms with Gasteiger partial charge in [-0.2, -0.15) is 0 Å². The molecule has 3 aromatic carbocycles. The van der Waals surface area contributed by atoms with Gasteiger partial charge in [-0.3, -0.25) is 4.79 Å². The molecule has 0 radical (unpaired) electrons. The van der Waals surface area contributed by atoms with E-state index in [0.29, 0.717) is 41.1 Å². The van der Waals surface area contributed by atoms with Crippen molar-refractivity contribution < 1.29 is 14.7 Å². The number of hydrogen-bond donors (Lipinski definition) is 2. The summed E-state index contributed by atoms with van der Waals surface area (Å²) < 4.78 is 1.29.